The van der Waals surface area contributed by atoms with Crippen LogP contribution in [0.3, 0.4) is 0 Å². The van der Waals surface area contributed by atoms with Crippen molar-refractivity contribution in [2.75, 3.05) is 26.2 Å². The minimum atomic E-state index is -0.348. The molecule has 3 heterocycles. The lowest BCUT2D eigenvalue weighted by Gasteiger charge is -2.33. The molecule has 20 heavy (non-hydrogen) atoms. The Kier molecular flexibility index (Phi) is 2.53. The van der Waals surface area contributed by atoms with Gasteiger partial charge >= 0.3 is 0 Å². The first kappa shape index (κ1) is 11.8. The Balaban J connectivity index is 1.71. The number of fused-ring (bicyclic) bond motifs is 3. The fourth-order valence-corrected chi connectivity index (χ4v) is 3.25. The number of rotatable bonds is 1. The Labute approximate surface area is 115 Å². The van der Waals surface area contributed by atoms with Gasteiger partial charge in [-0.2, -0.15) is 5.10 Å². The highest BCUT2D eigenvalue weighted by atomic mass is 19.1. The zero-order valence-corrected chi connectivity index (χ0v) is 11.0. The molecule has 2 aliphatic rings. The molecule has 2 aromatic rings. The number of nitrogens with zero attached hydrogens (tertiary/aromatic N) is 3. The van der Waals surface area contributed by atoms with Gasteiger partial charge in [0.2, 0.25) is 0 Å². The largest absolute Gasteiger partial charge is 0.332 e. The molecule has 5 nitrogen and oxygen atoms in total. The lowest BCUT2D eigenvalue weighted by Crippen LogP contribution is -2.49. The van der Waals surface area contributed by atoms with Crippen LogP contribution in [0, 0.1) is 5.82 Å². The first-order valence-electron chi connectivity index (χ1n) is 6.89. The van der Waals surface area contributed by atoms with Crippen molar-refractivity contribution in [3.8, 4) is 0 Å². The number of H-pyrrole nitrogens is 1. The van der Waals surface area contributed by atoms with Gasteiger partial charge in [-0.05, 0) is 24.6 Å². The van der Waals surface area contributed by atoms with E-state index in [1.807, 2.05) is 4.90 Å². The average Bonchev–Trinajstić information content (AvgIpc) is 3.02. The van der Waals surface area contributed by atoms with E-state index in [0.717, 1.165) is 32.6 Å². The quantitative estimate of drug-likeness (QED) is 0.851. The Bertz CT molecular complexity index is 683. The topological polar surface area (TPSA) is 52.2 Å². The van der Waals surface area contributed by atoms with E-state index in [-0.39, 0.29) is 17.8 Å². The molecule has 0 radical (unpaired) electrons. The van der Waals surface area contributed by atoms with Crippen LogP contribution in [-0.4, -0.2) is 58.1 Å². The van der Waals surface area contributed by atoms with E-state index in [9.17, 15) is 9.18 Å². The third-order valence-corrected chi connectivity index (χ3v) is 4.33. The molecule has 2 saturated heterocycles. The summed E-state index contributed by atoms with van der Waals surface area (Å²) in [5.74, 6) is -0.438. The SMILES string of the molecule is O=C(c1n[nH]c2ccc(F)cc12)N1CCN2CC[C@H]1C2. The monoisotopic (exact) mass is 274 g/mol. The summed E-state index contributed by atoms with van der Waals surface area (Å²) in [7, 11) is 0. The number of hydrogen-bond donors (Lipinski definition) is 1. The Morgan fingerprint density at radius 1 is 1.35 bits per heavy atom. The number of carbonyl (C=O) groups excluding carboxylic acids is 1. The maximum absolute atomic E-state index is 13.4. The normalized spacial score (nSPS) is 25.4. The number of carbonyl (C=O) groups is 1. The Hall–Kier alpha value is -1.95. The van der Waals surface area contributed by atoms with Crippen LogP contribution in [-0.2, 0) is 0 Å². The molecule has 2 fully saturated rings. The number of amides is 1. The van der Waals surface area contributed by atoms with Gasteiger partial charge in [-0.3, -0.25) is 14.8 Å². The van der Waals surface area contributed by atoms with Crippen LogP contribution >= 0.6 is 0 Å². The molecule has 0 spiro atoms. The summed E-state index contributed by atoms with van der Waals surface area (Å²) in [6.07, 6.45) is 1.02. The highest BCUT2D eigenvalue weighted by Crippen LogP contribution is 2.24. The zero-order valence-electron chi connectivity index (χ0n) is 11.0. The minimum Gasteiger partial charge on any atom is -0.332 e. The number of aromatic nitrogens is 2. The van der Waals surface area contributed by atoms with Gasteiger partial charge in [0.05, 0.1) is 5.52 Å². The number of benzene rings is 1. The van der Waals surface area contributed by atoms with E-state index in [4.69, 9.17) is 0 Å². The standard InChI is InChI=1S/C14H15FN4O/c15-9-1-2-12-11(7-9)13(17-16-12)14(20)19-6-5-18-4-3-10(19)8-18/h1-2,7,10H,3-6,8H2,(H,16,17)/t10-/m0/s1. The van der Waals surface area contributed by atoms with Gasteiger partial charge in [0.1, 0.15) is 5.82 Å². The average molecular weight is 274 g/mol. The Morgan fingerprint density at radius 3 is 3.15 bits per heavy atom. The molecule has 1 aromatic heterocycles. The predicted molar refractivity (Wildman–Crippen MR) is 71.9 cm³/mol. The van der Waals surface area contributed by atoms with Crippen LogP contribution in [0.4, 0.5) is 4.39 Å². The molecular formula is C14H15FN4O. The summed E-state index contributed by atoms with van der Waals surface area (Å²) in [5, 5.41) is 7.47. The zero-order chi connectivity index (χ0) is 13.7. The highest BCUT2D eigenvalue weighted by molar-refractivity contribution is 6.04. The van der Waals surface area contributed by atoms with Crippen molar-refractivity contribution in [1.29, 1.82) is 0 Å². The van der Waals surface area contributed by atoms with E-state index in [1.54, 1.807) is 6.07 Å². The first-order chi connectivity index (χ1) is 9.72. The molecule has 104 valence electrons. The lowest BCUT2D eigenvalue weighted by atomic mass is 10.1. The van der Waals surface area contributed by atoms with Crippen molar-refractivity contribution < 1.29 is 9.18 Å². The highest BCUT2D eigenvalue weighted by Gasteiger charge is 2.36. The van der Waals surface area contributed by atoms with Crippen LogP contribution in [0.15, 0.2) is 18.2 Å². The lowest BCUT2D eigenvalue weighted by molar-refractivity contribution is 0.0605. The van der Waals surface area contributed by atoms with Gasteiger partial charge in [0.15, 0.2) is 5.69 Å². The number of piperazine rings is 1. The summed E-state index contributed by atoms with van der Waals surface area (Å²) in [6.45, 7) is 3.65. The second-order valence-corrected chi connectivity index (χ2v) is 5.50. The van der Waals surface area contributed by atoms with Gasteiger partial charge in [-0.15, -0.1) is 0 Å². The van der Waals surface area contributed by atoms with Crippen LogP contribution in [0.25, 0.3) is 10.9 Å². The van der Waals surface area contributed by atoms with Crippen molar-refractivity contribution in [2.24, 2.45) is 0 Å². The number of halogens is 1. The van der Waals surface area contributed by atoms with Gasteiger partial charge in [-0.25, -0.2) is 4.39 Å². The summed E-state index contributed by atoms with van der Waals surface area (Å²) >= 11 is 0. The number of aromatic amines is 1. The van der Waals surface area contributed by atoms with Gasteiger partial charge < -0.3 is 4.90 Å². The molecule has 0 aliphatic carbocycles. The molecule has 4 rings (SSSR count). The molecule has 1 N–H and O–H groups in total. The molecule has 1 unspecified atom stereocenters. The summed E-state index contributed by atoms with van der Waals surface area (Å²) < 4.78 is 13.4. The molecule has 6 heteroatoms. The predicted octanol–water partition coefficient (Wildman–Crippen LogP) is 1.23. The third-order valence-electron chi connectivity index (χ3n) is 4.33. The van der Waals surface area contributed by atoms with Crippen molar-refractivity contribution >= 4 is 16.8 Å². The Morgan fingerprint density at radius 2 is 2.25 bits per heavy atom. The fourth-order valence-electron chi connectivity index (χ4n) is 3.25. The second-order valence-electron chi connectivity index (χ2n) is 5.50. The van der Waals surface area contributed by atoms with E-state index in [0.29, 0.717) is 16.6 Å². The van der Waals surface area contributed by atoms with Crippen LogP contribution in [0.5, 0.6) is 0 Å². The van der Waals surface area contributed by atoms with Crippen molar-refractivity contribution in [3.63, 3.8) is 0 Å². The van der Waals surface area contributed by atoms with E-state index in [1.165, 1.54) is 12.1 Å². The van der Waals surface area contributed by atoms with E-state index >= 15 is 0 Å². The molecule has 2 aliphatic heterocycles. The molecular weight excluding hydrogens is 259 g/mol. The molecule has 0 saturated carbocycles. The number of nitrogens with one attached hydrogen (secondary N) is 1. The van der Waals surface area contributed by atoms with Crippen molar-refractivity contribution in [1.82, 2.24) is 20.0 Å². The summed E-state index contributed by atoms with van der Waals surface area (Å²) in [5.41, 5.74) is 1.03. The van der Waals surface area contributed by atoms with Crippen molar-refractivity contribution in [3.05, 3.63) is 29.7 Å². The maximum atomic E-state index is 13.4. The molecule has 1 amide bonds. The van der Waals surface area contributed by atoms with Crippen LogP contribution in [0.1, 0.15) is 16.9 Å². The van der Waals surface area contributed by atoms with Gasteiger partial charge in [0.25, 0.3) is 5.91 Å². The second kappa shape index (κ2) is 4.28. The van der Waals surface area contributed by atoms with Gasteiger partial charge in [-0.1, -0.05) is 0 Å². The van der Waals surface area contributed by atoms with Crippen LogP contribution < -0.4 is 0 Å². The third kappa shape index (κ3) is 1.71. The molecule has 2 atom stereocenters. The smallest absolute Gasteiger partial charge is 0.275 e. The fraction of sp³-hybridized carbons (Fsp3) is 0.429. The van der Waals surface area contributed by atoms with Gasteiger partial charge in [0, 0.05) is 37.6 Å². The molecule has 2 bridgehead atoms. The first-order valence-corrected chi connectivity index (χ1v) is 6.89. The molecule has 1 aromatic carbocycles. The minimum absolute atomic E-state index is 0.0894. The maximum Gasteiger partial charge on any atom is 0.275 e. The summed E-state index contributed by atoms with van der Waals surface area (Å²) in [4.78, 5) is 16.9. The summed E-state index contributed by atoms with van der Waals surface area (Å²) in [6, 6.07) is 4.63. The van der Waals surface area contributed by atoms with E-state index in [2.05, 4.69) is 15.1 Å². The van der Waals surface area contributed by atoms with Crippen LogP contribution in [0.2, 0.25) is 0 Å². The number of hydrogen-bond acceptors (Lipinski definition) is 3. The van der Waals surface area contributed by atoms with Crippen molar-refractivity contribution in [2.45, 2.75) is 12.5 Å². The van der Waals surface area contributed by atoms with E-state index < -0.39 is 0 Å².